The van der Waals surface area contributed by atoms with Gasteiger partial charge in [-0.15, -0.1) is 11.3 Å². The van der Waals surface area contributed by atoms with Crippen LogP contribution in [0.4, 0.5) is 0 Å². The third-order valence-corrected chi connectivity index (χ3v) is 5.03. The smallest absolute Gasteiger partial charge is 0.267 e. The number of hydrogen-bond acceptors (Lipinski definition) is 3. The predicted octanol–water partition coefficient (Wildman–Crippen LogP) is 4.43. The molecular weight excluding hydrogens is 356 g/mol. The molecule has 0 saturated carbocycles. The van der Waals surface area contributed by atoms with Gasteiger partial charge in [-0.1, -0.05) is 28.9 Å². The first-order valence-corrected chi connectivity index (χ1v) is 8.15. The zero-order chi connectivity index (χ0) is 14.3. The van der Waals surface area contributed by atoms with Gasteiger partial charge in [-0.3, -0.25) is 9.36 Å². The average Bonchev–Trinajstić information content (AvgIpc) is 2.82. The van der Waals surface area contributed by atoms with Crippen LogP contribution in [0, 0.1) is 4.77 Å². The molecule has 6 heteroatoms. The number of aromatic nitrogens is 2. The molecule has 2 heterocycles. The van der Waals surface area contributed by atoms with E-state index in [9.17, 15) is 4.79 Å². The van der Waals surface area contributed by atoms with Gasteiger partial charge in [-0.2, -0.15) is 0 Å². The number of rotatable bonds is 2. The molecule has 0 unspecified atom stereocenters. The second kappa shape index (κ2) is 5.27. The van der Waals surface area contributed by atoms with E-state index in [1.54, 1.807) is 11.3 Å². The van der Waals surface area contributed by atoms with Gasteiger partial charge in [0.1, 0.15) is 4.83 Å². The average molecular weight is 367 g/mol. The first kappa shape index (κ1) is 13.7. The maximum Gasteiger partial charge on any atom is 0.267 e. The highest BCUT2D eigenvalue weighted by Crippen LogP contribution is 2.22. The van der Waals surface area contributed by atoms with E-state index in [-0.39, 0.29) is 5.56 Å². The fourth-order valence-corrected chi connectivity index (χ4v) is 3.81. The zero-order valence-corrected chi connectivity index (χ0v) is 13.9. The Labute approximate surface area is 133 Å². The summed E-state index contributed by atoms with van der Waals surface area (Å²) in [6.45, 7) is 2.08. The second-order valence-corrected chi connectivity index (χ2v) is 6.80. The molecule has 0 saturated heterocycles. The van der Waals surface area contributed by atoms with Gasteiger partial charge in [-0.05, 0) is 42.9 Å². The number of benzene rings is 1. The van der Waals surface area contributed by atoms with Crippen LogP contribution in [0.2, 0.25) is 0 Å². The Hall–Kier alpha value is -1.24. The molecule has 0 aliphatic heterocycles. The third-order valence-electron chi connectivity index (χ3n) is 3.06. The molecule has 0 spiro atoms. The van der Waals surface area contributed by atoms with Crippen LogP contribution in [0.25, 0.3) is 15.9 Å². The second-order valence-electron chi connectivity index (χ2n) is 4.36. The SMILES string of the molecule is CCc1cc2c(=O)n(-c3cccc(Br)c3)c(=S)[nH]c2s1. The van der Waals surface area contributed by atoms with Crippen molar-refractivity contribution in [2.45, 2.75) is 13.3 Å². The van der Waals surface area contributed by atoms with Gasteiger partial charge < -0.3 is 4.98 Å². The molecule has 0 aliphatic carbocycles. The lowest BCUT2D eigenvalue weighted by molar-refractivity contribution is 0.942. The normalized spacial score (nSPS) is 11.1. The molecule has 3 nitrogen and oxygen atoms in total. The van der Waals surface area contributed by atoms with Crippen LogP contribution in [0.5, 0.6) is 0 Å². The lowest BCUT2D eigenvalue weighted by Gasteiger charge is -2.06. The Bertz CT molecular complexity index is 907. The monoisotopic (exact) mass is 366 g/mol. The van der Waals surface area contributed by atoms with Crippen molar-refractivity contribution in [1.29, 1.82) is 0 Å². The van der Waals surface area contributed by atoms with E-state index in [1.165, 1.54) is 9.44 Å². The number of aryl methyl sites for hydroxylation is 1. The quantitative estimate of drug-likeness (QED) is 0.681. The van der Waals surface area contributed by atoms with Gasteiger partial charge in [0.15, 0.2) is 4.77 Å². The number of aromatic amines is 1. The minimum Gasteiger partial charge on any atom is -0.323 e. The molecule has 2 aromatic heterocycles. The van der Waals surface area contributed by atoms with Crippen molar-refractivity contribution in [3.8, 4) is 5.69 Å². The Morgan fingerprint density at radius 2 is 2.20 bits per heavy atom. The highest BCUT2D eigenvalue weighted by atomic mass is 79.9. The van der Waals surface area contributed by atoms with Gasteiger partial charge >= 0.3 is 0 Å². The maximum atomic E-state index is 12.7. The Morgan fingerprint density at radius 1 is 1.40 bits per heavy atom. The zero-order valence-electron chi connectivity index (χ0n) is 10.6. The summed E-state index contributed by atoms with van der Waals surface area (Å²) in [6, 6.07) is 9.50. The summed E-state index contributed by atoms with van der Waals surface area (Å²) in [4.78, 5) is 17.8. The number of nitrogens with one attached hydrogen (secondary N) is 1. The van der Waals surface area contributed by atoms with Crippen molar-refractivity contribution in [2.24, 2.45) is 0 Å². The molecule has 3 aromatic rings. The number of H-pyrrole nitrogens is 1. The Kier molecular flexibility index (Phi) is 3.62. The van der Waals surface area contributed by atoms with Crippen LogP contribution in [0.1, 0.15) is 11.8 Å². The van der Waals surface area contributed by atoms with Crippen LogP contribution < -0.4 is 5.56 Å². The lowest BCUT2D eigenvalue weighted by Crippen LogP contribution is -2.19. The van der Waals surface area contributed by atoms with Crippen LogP contribution in [0.15, 0.2) is 39.6 Å². The van der Waals surface area contributed by atoms with Crippen LogP contribution >= 0.6 is 39.5 Å². The van der Waals surface area contributed by atoms with Gasteiger partial charge in [-0.25, -0.2) is 0 Å². The molecule has 1 aromatic carbocycles. The molecule has 1 N–H and O–H groups in total. The van der Waals surface area contributed by atoms with E-state index in [4.69, 9.17) is 12.2 Å². The van der Waals surface area contributed by atoms with E-state index in [1.807, 2.05) is 30.3 Å². The minimum absolute atomic E-state index is 0.0715. The molecule has 3 rings (SSSR count). The highest BCUT2D eigenvalue weighted by Gasteiger charge is 2.10. The Morgan fingerprint density at radius 3 is 2.90 bits per heavy atom. The van der Waals surface area contributed by atoms with Crippen LogP contribution in [0.3, 0.4) is 0 Å². The number of fused-ring (bicyclic) bond motifs is 1. The van der Waals surface area contributed by atoms with Crippen molar-refractivity contribution < 1.29 is 0 Å². The van der Waals surface area contributed by atoms with Crippen molar-refractivity contribution >= 4 is 49.7 Å². The highest BCUT2D eigenvalue weighted by molar-refractivity contribution is 9.10. The summed E-state index contributed by atoms with van der Waals surface area (Å²) < 4.78 is 2.87. The maximum absolute atomic E-state index is 12.7. The van der Waals surface area contributed by atoms with Gasteiger partial charge in [0.05, 0.1) is 11.1 Å². The summed E-state index contributed by atoms with van der Waals surface area (Å²) in [5, 5.41) is 0.695. The summed E-state index contributed by atoms with van der Waals surface area (Å²) in [5.41, 5.74) is 0.689. The molecule has 0 amide bonds. The lowest BCUT2D eigenvalue weighted by atomic mass is 10.3. The summed E-state index contributed by atoms with van der Waals surface area (Å²) >= 11 is 10.3. The predicted molar refractivity (Wildman–Crippen MR) is 89.7 cm³/mol. The first-order chi connectivity index (χ1) is 9.60. The van der Waals surface area contributed by atoms with E-state index in [0.717, 1.165) is 21.4 Å². The largest absolute Gasteiger partial charge is 0.323 e. The summed E-state index contributed by atoms with van der Waals surface area (Å²) in [6.07, 6.45) is 0.913. The number of thiophene rings is 1. The fraction of sp³-hybridized carbons (Fsp3) is 0.143. The summed E-state index contributed by atoms with van der Waals surface area (Å²) in [5.74, 6) is 0. The molecule has 102 valence electrons. The van der Waals surface area contributed by atoms with Crippen molar-refractivity contribution in [1.82, 2.24) is 9.55 Å². The standard InChI is InChI=1S/C14H11BrN2OS2/c1-2-10-7-11-12(20-10)16-14(19)17(13(11)18)9-5-3-4-8(15)6-9/h3-7H,2H2,1H3,(H,16,19). The van der Waals surface area contributed by atoms with Crippen molar-refractivity contribution in [2.75, 3.05) is 0 Å². The van der Waals surface area contributed by atoms with Crippen LogP contribution in [-0.4, -0.2) is 9.55 Å². The number of halogens is 1. The molecule has 0 aliphatic rings. The topological polar surface area (TPSA) is 37.8 Å². The fourth-order valence-electron chi connectivity index (χ4n) is 2.08. The molecule has 0 atom stereocenters. The third kappa shape index (κ3) is 2.28. The minimum atomic E-state index is -0.0715. The first-order valence-electron chi connectivity index (χ1n) is 6.14. The molecule has 0 radical (unpaired) electrons. The van der Waals surface area contributed by atoms with Gasteiger partial charge in [0.25, 0.3) is 5.56 Å². The van der Waals surface area contributed by atoms with Gasteiger partial charge in [0.2, 0.25) is 0 Å². The molecule has 0 bridgehead atoms. The van der Waals surface area contributed by atoms with Crippen LogP contribution in [-0.2, 0) is 6.42 Å². The molecule has 0 fully saturated rings. The Balaban J connectivity index is 2.36. The van der Waals surface area contributed by atoms with E-state index >= 15 is 0 Å². The van der Waals surface area contributed by atoms with Crippen molar-refractivity contribution in [3.05, 3.63) is 54.8 Å². The van der Waals surface area contributed by atoms with Gasteiger partial charge in [0, 0.05) is 9.35 Å². The van der Waals surface area contributed by atoms with Crippen molar-refractivity contribution in [3.63, 3.8) is 0 Å². The van der Waals surface area contributed by atoms with E-state index in [2.05, 4.69) is 27.8 Å². The molecule has 20 heavy (non-hydrogen) atoms. The van der Waals surface area contributed by atoms with E-state index in [0.29, 0.717) is 10.2 Å². The number of nitrogens with zero attached hydrogens (tertiary/aromatic N) is 1. The van der Waals surface area contributed by atoms with E-state index < -0.39 is 0 Å². The number of hydrogen-bond donors (Lipinski definition) is 1. The molecular formula is C14H11BrN2OS2. The summed E-state index contributed by atoms with van der Waals surface area (Å²) in [7, 11) is 0.